The summed E-state index contributed by atoms with van der Waals surface area (Å²) < 4.78 is 5.18. The van der Waals surface area contributed by atoms with Crippen molar-refractivity contribution in [3.8, 4) is 0 Å². The average molecular weight is 240 g/mol. The molecule has 0 bridgehead atoms. The molecule has 1 aliphatic rings. The van der Waals surface area contributed by atoms with E-state index in [1.807, 2.05) is 0 Å². The van der Waals surface area contributed by atoms with Crippen LogP contribution in [-0.4, -0.2) is 23.1 Å². The molecule has 0 atom stereocenters. The molecule has 0 saturated heterocycles. The summed E-state index contributed by atoms with van der Waals surface area (Å²) in [5, 5.41) is 8.37. The maximum Gasteiger partial charge on any atom is 0.331 e. The summed E-state index contributed by atoms with van der Waals surface area (Å²) in [6, 6.07) is 0. The Labute approximate surface area is 102 Å². The van der Waals surface area contributed by atoms with Crippen LogP contribution in [0.1, 0.15) is 39.5 Å². The standard InChI is InChI=1S/C13H20O4/c1-9(2)10-3-5-11(6-4-10)17-13(16)8-7-12(14)15/h7-11H,3-6H2,1-2H3,(H,14,15)/b8-7+. The van der Waals surface area contributed by atoms with E-state index >= 15 is 0 Å². The van der Waals surface area contributed by atoms with Gasteiger partial charge in [0, 0.05) is 12.2 Å². The van der Waals surface area contributed by atoms with Crippen molar-refractivity contribution in [1.82, 2.24) is 0 Å². The van der Waals surface area contributed by atoms with Gasteiger partial charge < -0.3 is 9.84 Å². The average Bonchev–Trinajstić information content (AvgIpc) is 2.27. The zero-order valence-electron chi connectivity index (χ0n) is 10.4. The lowest BCUT2D eigenvalue weighted by molar-refractivity contribution is -0.145. The Hall–Kier alpha value is -1.32. The van der Waals surface area contributed by atoms with Gasteiger partial charge in [0.1, 0.15) is 6.10 Å². The van der Waals surface area contributed by atoms with Gasteiger partial charge >= 0.3 is 11.9 Å². The monoisotopic (exact) mass is 240 g/mol. The first kappa shape index (κ1) is 13.7. The van der Waals surface area contributed by atoms with E-state index in [1.165, 1.54) is 0 Å². The molecule has 0 aliphatic heterocycles. The van der Waals surface area contributed by atoms with Crippen molar-refractivity contribution in [3.63, 3.8) is 0 Å². The fraction of sp³-hybridized carbons (Fsp3) is 0.692. The lowest BCUT2D eigenvalue weighted by Crippen LogP contribution is -2.25. The zero-order chi connectivity index (χ0) is 12.8. The minimum Gasteiger partial charge on any atom is -0.478 e. The topological polar surface area (TPSA) is 63.6 Å². The van der Waals surface area contributed by atoms with Gasteiger partial charge in [0.15, 0.2) is 0 Å². The number of ether oxygens (including phenoxy) is 1. The van der Waals surface area contributed by atoms with E-state index in [4.69, 9.17) is 9.84 Å². The molecule has 17 heavy (non-hydrogen) atoms. The van der Waals surface area contributed by atoms with Crippen LogP contribution in [0.2, 0.25) is 0 Å². The molecular weight excluding hydrogens is 220 g/mol. The fourth-order valence-corrected chi connectivity index (χ4v) is 2.22. The van der Waals surface area contributed by atoms with Crippen molar-refractivity contribution in [2.75, 3.05) is 0 Å². The zero-order valence-corrected chi connectivity index (χ0v) is 10.4. The Bertz CT molecular complexity index is 299. The van der Waals surface area contributed by atoms with Gasteiger partial charge in [-0.3, -0.25) is 0 Å². The highest BCUT2D eigenvalue weighted by atomic mass is 16.5. The number of hydrogen-bond donors (Lipinski definition) is 1. The fourth-order valence-electron chi connectivity index (χ4n) is 2.22. The van der Waals surface area contributed by atoms with Gasteiger partial charge in [0.2, 0.25) is 0 Å². The Morgan fingerprint density at radius 2 is 1.76 bits per heavy atom. The second kappa shape index (κ2) is 6.42. The quantitative estimate of drug-likeness (QED) is 0.605. The molecule has 1 saturated carbocycles. The number of rotatable bonds is 4. The molecule has 1 aliphatic carbocycles. The molecule has 0 aromatic heterocycles. The predicted octanol–water partition coefficient (Wildman–Crippen LogP) is 2.39. The number of aliphatic carboxylic acids is 1. The minimum absolute atomic E-state index is 0.0454. The van der Waals surface area contributed by atoms with Gasteiger partial charge in [-0.15, -0.1) is 0 Å². The maximum absolute atomic E-state index is 11.3. The van der Waals surface area contributed by atoms with E-state index < -0.39 is 11.9 Å². The largest absolute Gasteiger partial charge is 0.478 e. The Morgan fingerprint density at radius 1 is 1.18 bits per heavy atom. The van der Waals surface area contributed by atoms with Gasteiger partial charge in [-0.05, 0) is 37.5 Å². The van der Waals surface area contributed by atoms with Gasteiger partial charge in [-0.1, -0.05) is 13.8 Å². The number of esters is 1. The van der Waals surface area contributed by atoms with Crippen molar-refractivity contribution in [2.45, 2.75) is 45.6 Å². The lowest BCUT2D eigenvalue weighted by atomic mass is 9.80. The van der Waals surface area contributed by atoms with Crippen LogP contribution in [0, 0.1) is 11.8 Å². The third-order valence-corrected chi connectivity index (χ3v) is 3.31. The molecule has 0 aromatic carbocycles. The summed E-state index contributed by atoms with van der Waals surface area (Å²) >= 11 is 0. The summed E-state index contributed by atoms with van der Waals surface area (Å²) in [7, 11) is 0. The molecule has 0 heterocycles. The van der Waals surface area contributed by atoms with Crippen molar-refractivity contribution in [3.05, 3.63) is 12.2 Å². The number of carboxylic acid groups (broad SMARTS) is 1. The Balaban J connectivity index is 2.31. The van der Waals surface area contributed by atoms with Crippen molar-refractivity contribution >= 4 is 11.9 Å². The van der Waals surface area contributed by atoms with E-state index in [0.717, 1.165) is 43.8 Å². The van der Waals surface area contributed by atoms with Crippen LogP contribution in [0.25, 0.3) is 0 Å². The first-order chi connectivity index (χ1) is 7.99. The van der Waals surface area contributed by atoms with Crippen LogP contribution in [0.3, 0.4) is 0 Å². The molecule has 0 aromatic rings. The molecule has 96 valence electrons. The van der Waals surface area contributed by atoms with Crippen LogP contribution in [0.5, 0.6) is 0 Å². The number of carbonyl (C=O) groups excluding carboxylic acids is 1. The number of hydrogen-bond acceptors (Lipinski definition) is 3. The molecule has 0 unspecified atom stereocenters. The molecule has 1 N–H and O–H groups in total. The van der Waals surface area contributed by atoms with Crippen LogP contribution in [0.4, 0.5) is 0 Å². The SMILES string of the molecule is CC(C)C1CCC(OC(=O)/C=C/C(=O)O)CC1. The molecule has 0 amide bonds. The first-order valence-electron chi connectivity index (χ1n) is 6.10. The smallest absolute Gasteiger partial charge is 0.331 e. The minimum atomic E-state index is -1.13. The van der Waals surface area contributed by atoms with Crippen LogP contribution in [-0.2, 0) is 14.3 Å². The molecule has 4 heteroatoms. The summed E-state index contributed by atoms with van der Waals surface area (Å²) in [5.41, 5.74) is 0. The Kier molecular flexibility index (Phi) is 5.19. The van der Waals surface area contributed by atoms with Crippen molar-refractivity contribution in [2.24, 2.45) is 11.8 Å². The second-order valence-electron chi connectivity index (χ2n) is 4.89. The predicted molar refractivity (Wildman–Crippen MR) is 63.5 cm³/mol. The molecule has 1 rings (SSSR count). The number of carboxylic acids is 1. The molecule has 0 radical (unpaired) electrons. The van der Waals surface area contributed by atoms with E-state index in [0.29, 0.717) is 5.92 Å². The molecule has 1 fully saturated rings. The first-order valence-corrected chi connectivity index (χ1v) is 6.10. The van der Waals surface area contributed by atoms with Crippen molar-refractivity contribution in [1.29, 1.82) is 0 Å². The lowest BCUT2D eigenvalue weighted by Gasteiger charge is -2.30. The highest BCUT2D eigenvalue weighted by Crippen LogP contribution is 2.31. The van der Waals surface area contributed by atoms with Gasteiger partial charge in [-0.25, -0.2) is 9.59 Å². The van der Waals surface area contributed by atoms with Gasteiger partial charge in [0.25, 0.3) is 0 Å². The third-order valence-electron chi connectivity index (χ3n) is 3.31. The van der Waals surface area contributed by atoms with Crippen molar-refractivity contribution < 1.29 is 19.4 Å². The summed E-state index contributed by atoms with van der Waals surface area (Å²) in [4.78, 5) is 21.5. The third kappa shape index (κ3) is 5.02. The van der Waals surface area contributed by atoms with Crippen LogP contribution >= 0.6 is 0 Å². The second-order valence-corrected chi connectivity index (χ2v) is 4.89. The van der Waals surface area contributed by atoms with E-state index in [-0.39, 0.29) is 6.10 Å². The van der Waals surface area contributed by atoms with Crippen LogP contribution < -0.4 is 0 Å². The maximum atomic E-state index is 11.3. The highest BCUT2D eigenvalue weighted by Gasteiger charge is 2.24. The summed E-state index contributed by atoms with van der Waals surface area (Å²) in [6.07, 6.45) is 5.66. The van der Waals surface area contributed by atoms with Gasteiger partial charge in [0.05, 0.1) is 0 Å². The molecular formula is C13H20O4. The van der Waals surface area contributed by atoms with E-state index in [1.54, 1.807) is 0 Å². The van der Waals surface area contributed by atoms with Gasteiger partial charge in [-0.2, -0.15) is 0 Å². The molecule has 0 spiro atoms. The Morgan fingerprint density at radius 3 is 2.24 bits per heavy atom. The van der Waals surface area contributed by atoms with E-state index in [2.05, 4.69) is 13.8 Å². The molecule has 4 nitrogen and oxygen atoms in total. The normalized spacial score (nSPS) is 25.1. The number of carbonyl (C=O) groups is 2. The summed E-state index contributed by atoms with van der Waals surface area (Å²) in [5.74, 6) is -0.288. The highest BCUT2D eigenvalue weighted by molar-refractivity contribution is 5.90. The van der Waals surface area contributed by atoms with E-state index in [9.17, 15) is 9.59 Å². The van der Waals surface area contributed by atoms with Crippen LogP contribution in [0.15, 0.2) is 12.2 Å². The summed E-state index contributed by atoms with van der Waals surface area (Å²) in [6.45, 7) is 4.43.